The van der Waals surface area contributed by atoms with Gasteiger partial charge in [-0.1, -0.05) is 6.07 Å². The number of aryl methyl sites for hydroxylation is 1. The van der Waals surface area contributed by atoms with E-state index in [4.69, 9.17) is 5.73 Å². The van der Waals surface area contributed by atoms with Crippen molar-refractivity contribution >= 4 is 17.0 Å². The molecule has 0 spiro atoms. The lowest BCUT2D eigenvalue weighted by Crippen LogP contribution is -2.06. The molecule has 0 amide bonds. The Kier molecular flexibility index (Phi) is 2.54. The Balaban J connectivity index is 2.28. The van der Waals surface area contributed by atoms with Crippen LogP contribution in [0.15, 0.2) is 18.2 Å². The molecular formula is C9H11N2O2S-. The second-order valence-electron chi connectivity index (χ2n) is 3.40. The Morgan fingerprint density at radius 3 is 3.07 bits per heavy atom. The highest BCUT2D eigenvalue weighted by molar-refractivity contribution is 7.80. The standard InChI is InChI=1S/C9H12N2O2S/c10-9-4-1-6-5-7(11-14(12)13)2-3-8(6)9/h2-3,5,9,11H,1,4,10H2,(H,12,13)/p-1/t9-/m1/s1. The number of nitrogens with two attached hydrogens (primary N) is 1. The van der Waals surface area contributed by atoms with Gasteiger partial charge < -0.3 is 15.0 Å². The fourth-order valence-corrected chi connectivity index (χ4v) is 2.13. The van der Waals surface area contributed by atoms with Crippen molar-refractivity contribution in [1.29, 1.82) is 0 Å². The maximum Gasteiger partial charge on any atom is 0.0455 e. The van der Waals surface area contributed by atoms with Gasteiger partial charge in [-0.2, -0.15) is 0 Å². The molecule has 0 aromatic heterocycles. The van der Waals surface area contributed by atoms with Crippen molar-refractivity contribution in [3.8, 4) is 0 Å². The molecule has 5 heteroatoms. The van der Waals surface area contributed by atoms with E-state index in [0.29, 0.717) is 5.69 Å². The fourth-order valence-electron chi connectivity index (χ4n) is 1.81. The summed E-state index contributed by atoms with van der Waals surface area (Å²) in [7, 11) is 0. The molecule has 2 atom stereocenters. The van der Waals surface area contributed by atoms with E-state index in [1.165, 1.54) is 0 Å². The number of rotatable bonds is 2. The van der Waals surface area contributed by atoms with Crippen LogP contribution in [0.4, 0.5) is 5.69 Å². The second-order valence-corrected chi connectivity index (χ2v) is 4.07. The van der Waals surface area contributed by atoms with Gasteiger partial charge in [0.2, 0.25) is 0 Å². The molecule has 1 aliphatic rings. The fraction of sp³-hybridized carbons (Fsp3) is 0.333. The van der Waals surface area contributed by atoms with Gasteiger partial charge in [0.25, 0.3) is 0 Å². The van der Waals surface area contributed by atoms with Crippen molar-refractivity contribution in [2.24, 2.45) is 5.73 Å². The van der Waals surface area contributed by atoms with Crippen molar-refractivity contribution < 1.29 is 8.76 Å². The molecule has 4 nitrogen and oxygen atoms in total. The highest BCUT2D eigenvalue weighted by atomic mass is 32.2. The Bertz CT molecular complexity index is 381. The van der Waals surface area contributed by atoms with E-state index >= 15 is 0 Å². The van der Waals surface area contributed by atoms with Crippen LogP contribution < -0.4 is 10.5 Å². The zero-order chi connectivity index (χ0) is 10.1. The van der Waals surface area contributed by atoms with Crippen molar-refractivity contribution in [3.63, 3.8) is 0 Å². The summed E-state index contributed by atoms with van der Waals surface area (Å²) in [6, 6.07) is 5.58. The Morgan fingerprint density at radius 2 is 2.36 bits per heavy atom. The molecule has 0 heterocycles. The molecule has 0 aliphatic heterocycles. The first kappa shape index (κ1) is 9.64. The van der Waals surface area contributed by atoms with Crippen molar-refractivity contribution in [2.75, 3.05) is 4.72 Å². The minimum Gasteiger partial charge on any atom is -0.755 e. The van der Waals surface area contributed by atoms with E-state index in [9.17, 15) is 8.76 Å². The molecule has 2 rings (SSSR count). The highest BCUT2D eigenvalue weighted by Gasteiger charge is 2.18. The molecule has 3 N–H and O–H groups in total. The molecule has 14 heavy (non-hydrogen) atoms. The smallest absolute Gasteiger partial charge is 0.0455 e. The number of benzene rings is 1. The van der Waals surface area contributed by atoms with E-state index in [2.05, 4.69) is 4.72 Å². The van der Waals surface area contributed by atoms with Crippen LogP contribution >= 0.6 is 0 Å². The molecule has 1 aliphatic carbocycles. The van der Waals surface area contributed by atoms with Crippen molar-refractivity contribution in [2.45, 2.75) is 18.9 Å². The van der Waals surface area contributed by atoms with Crippen LogP contribution in [0.1, 0.15) is 23.6 Å². The second kappa shape index (κ2) is 3.68. The third-order valence-electron chi connectivity index (χ3n) is 2.47. The summed E-state index contributed by atoms with van der Waals surface area (Å²) >= 11 is -2.25. The van der Waals surface area contributed by atoms with Gasteiger partial charge in [0.05, 0.1) is 0 Å². The Morgan fingerprint density at radius 1 is 1.57 bits per heavy atom. The minimum absolute atomic E-state index is 0.108. The molecule has 0 saturated carbocycles. The summed E-state index contributed by atoms with van der Waals surface area (Å²) in [5.41, 5.74) is 8.74. The monoisotopic (exact) mass is 211 g/mol. The lowest BCUT2D eigenvalue weighted by molar-refractivity contribution is 0.542. The Hall–Kier alpha value is -0.910. The van der Waals surface area contributed by atoms with E-state index < -0.39 is 11.3 Å². The predicted molar refractivity (Wildman–Crippen MR) is 54.2 cm³/mol. The normalized spacial score (nSPS) is 21.7. The van der Waals surface area contributed by atoms with Crippen molar-refractivity contribution in [3.05, 3.63) is 29.3 Å². The van der Waals surface area contributed by atoms with Gasteiger partial charge in [0.15, 0.2) is 0 Å². The van der Waals surface area contributed by atoms with Gasteiger partial charge in [-0.3, -0.25) is 4.21 Å². The van der Waals surface area contributed by atoms with Gasteiger partial charge in [-0.25, -0.2) is 0 Å². The summed E-state index contributed by atoms with van der Waals surface area (Å²) in [4.78, 5) is 0. The maximum absolute atomic E-state index is 10.4. The van der Waals surface area contributed by atoms with E-state index in [1.54, 1.807) is 6.07 Å². The van der Waals surface area contributed by atoms with Gasteiger partial charge in [0.1, 0.15) is 0 Å². The number of nitrogens with one attached hydrogen (secondary N) is 1. The largest absolute Gasteiger partial charge is 0.755 e. The highest BCUT2D eigenvalue weighted by Crippen LogP contribution is 2.31. The average Bonchev–Trinajstić information content (AvgIpc) is 2.46. The molecule has 0 bridgehead atoms. The van der Waals surface area contributed by atoms with Crippen LogP contribution in [0.5, 0.6) is 0 Å². The summed E-state index contributed by atoms with van der Waals surface area (Å²) in [6.45, 7) is 0. The first-order chi connectivity index (χ1) is 6.66. The summed E-state index contributed by atoms with van der Waals surface area (Å²) < 4.78 is 23.1. The van der Waals surface area contributed by atoms with E-state index in [0.717, 1.165) is 24.0 Å². The van der Waals surface area contributed by atoms with Gasteiger partial charge in [-0.05, 0) is 36.1 Å². The molecular weight excluding hydrogens is 200 g/mol. The number of hydrogen-bond acceptors (Lipinski definition) is 3. The van der Waals surface area contributed by atoms with Gasteiger partial charge >= 0.3 is 0 Å². The van der Waals surface area contributed by atoms with Crippen LogP contribution in [0, 0.1) is 0 Å². The number of anilines is 1. The first-order valence-corrected chi connectivity index (χ1v) is 5.48. The molecule has 76 valence electrons. The van der Waals surface area contributed by atoms with Crippen molar-refractivity contribution in [1.82, 2.24) is 0 Å². The number of hydrogen-bond donors (Lipinski definition) is 2. The van der Waals surface area contributed by atoms with E-state index in [1.807, 2.05) is 12.1 Å². The van der Waals surface area contributed by atoms with Gasteiger partial charge in [-0.15, -0.1) is 0 Å². The third kappa shape index (κ3) is 1.79. The molecule has 1 aromatic rings. The molecule has 0 radical (unpaired) electrons. The molecule has 0 saturated heterocycles. The quantitative estimate of drug-likeness (QED) is 0.711. The van der Waals surface area contributed by atoms with Crippen LogP contribution in [0.3, 0.4) is 0 Å². The zero-order valence-corrected chi connectivity index (χ0v) is 8.34. The zero-order valence-electron chi connectivity index (χ0n) is 7.53. The molecule has 1 aromatic carbocycles. The first-order valence-electron chi connectivity index (χ1n) is 4.41. The summed E-state index contributed by atoms with van der Waals surface area (Å²) in [5.74, 6) is 0. The number of fused-ring (bicyclic) bond motifs is 1. The van der Waals surface area contributed by atoms with Crippen LogP contribution in [0.25, 0.3) is 0 Å². The predicted octanol–water partition coefficient (Wildman–Crippen LogP) is 0.839. The third-order valence-corrected chi connectivity index (χ3v) is 2.87. The molecule has 1 unspecified atom stereocenters. The topological polar surface area (TPSA) is 78.2 Å². The summed E-state index contributed by atoms with van der Waals surface area (Å²) in [5, 5.41) is 0. The minimum atomic E-state index is -2.25. The Labute approximate surface area is 84.9 Å². The molecule has 0 fully saturated rings. The lowest BCUT2D eigenvalue weighted by Gasteiger charge is -2.10. The average molecular weight is 211 g/mol. The maximum atomic E-state index is 10.4. The lowest BCUT2D eigenvalue weighted by atomic mass is 10.1. The van der Waals surface area contributed by atoms with Crippen LogP contribution in [-0.4, -0.2) is 8.76 Å². The SMILES string of the molecule is N[C@@H]1CCc2cc(NS(=O)[O-])ccc21. The van der Waals surface area contributed by atoms with Gasteiger partial charge in [0, 0.05) is 23.0 Å². The summed E-state index contributed by atoms with van der Waals surface area (Å²) in [6.07, 6.45) is 1.87. The van der Waals surface area contributed by atoms with E-state index in [-0.39, 0.29) is 6.04 Å². The van der Waals surface area contributed by atoms with Crippen LogP contribution in [-0.2, 0) is 17.7 Å². The van der Waals surface area contributed by atoms with Crippen LogP contribution in [0.2, 0.25) is 0 Å².